The summed E-state index contributed by atoms with van der Waals surface area (Å²) < 4.78 is 0. The van der Waals surface area contributed by atoms with E-state index in [9.17, 15) is 0 Å². The molecule has 2 aliphatic heterocycles. The fraction of sp³-hybridized carbons (Fsp3) is 0.688. The van der Waals surface area contributed by atoms with Crippen molar-refractivity contribution in [3.05, 3.63) is 24.0 Å². The van der Waals surface area contributed by atoms with Crippen molar-refractivity contribution in [1.29, 1.82) is 0 Å². The van der Waals surface area contributed by atoms with E-state index in [-0.39, 0.29) is 5.41 Å². The van der Waals surface area contributed by atoms with Gasteiger partial charge in [0.25, 0.3) is 0 Å². The summed E-state index contributed by atoms with van der Waals surface area (Å²) in [6.07, 6.45) is 4.75. The van der Waals surface area contributed by atoms with Crippen molar-refractivity contribution >= 4 is 5.69 Å². The number of nitrogens with one attached hydrogen (secondary N) is 1. The van der Waals surface area contributed by atoms with Crippen molar-refractivity contribution in [1.82, 2.24) is 10.3 Å². The molecule has 1 aromatic rings. The molecule has 3 heteroatoms. The van der Waals surface area contributed by atoms with Crippen LogP contribution in [-0.4, -0.2) is 31.2 Å². The van der Waals surface area contributed by atoms with Crippen LogP contribution >= 0.6 is 0 Å². The van der Waals surface area contributed by atoms with Gasteiger partial charge in [0.05, 0.1) is 11.9 Å². The molecule has 3 heterocycles. The van der Waals surface area contributed by atoms with E-state index in [1.54, 1.807) is 0 Å². The fourth-order valence-electron chi connectivity index (χ4n) is 3.26. The summed E-state index contributed by atoms with van der Waals surface area (Å²) in [6, 6.07) is 4.41. The van der Waals surface area contributed by atoms with Gasteiger partial charge in [-0.1, -0.05) is 20.8 Å². The fourth-order valence-corrected chi connectivity index (χ4v) is 3.26. The van der Waals surface area contributed by atoms with Gasteiger partial charge in [-0.15, -0.1) is 0 Å². The van der Waals surface area contributed by atoms with Crippen molar-refractivity contribution in [3.8, 4) is 0 Å². The molecule has 0 radical (unpaired) electrons. The molecule has 0 atom stereocenters. The maximum atomic E-state index is 4.63. The Kier molecular flexibility index (Phi) is 3.05. The number of pyridine rings is 1. The second kappa shape index (κ2) is 4.48. The molecule has 0 aliphatic carbocycles. The van der Waals surface area contributed by atoms with Crippen LogP contribution in [0.2, 0.25) is 0 Å². The van der Waals surface area contributed by atoms with E-state index in [2.05, 4.69) is 48.1 Å². The molecule has 0 aromatic carbocycles. The molecule has 2 saturated heterocycles. The molecule has 0 amide bonds. The van der Waals surface area contributed by atoms with Crippen LogP contribution in [0, 0.1) is 5.41 Å². The van der Waals surface area contributed by atoms with Crippen molar-refractivity contribution in [2.24, 2.45) is 5.41 Å². The minimum absolute atomic E-state index is 0.141. The molecular weight excluding hydrogens is 234 g/mol. The molecule has 2 aliphatic rings. The Balaban J connectivity index is 1.65. The van der Waals surface area contributed by atoms with Crippen LogP contribution in [0.1, 0.15) is 39.3 Å². The summed E-state index contributed by atoms with van der Waals surface area (Å²) >= 11 is 0. The number of anilines is 1. The van der Waals surface area contributed by atoms with Crippen LogP contribution in [-0.2, 0) is 5.41 Å². The zero-order valence-corrected chi connectivity index (χ0v) is 12.4. The second-order valence-corrected chi connectivity index (χ2v) is 7.29. The van der Waals surface area contributed by atoms with Crippen LogP contribution in [0.3, 0.4) is 0 Å². The molecule has 1 spiro atoms. The van der Waals surface area contributed by atoms with Gasteiger partial charge in [0.15, 0.2) is 0 Å². The molecule has 0 unspecified atom stereocenters. The number of hydrogen-bond donors (Lipinski definition) is 1. The molecule has 0 bridgehead atoms. The molecule has 104 valence electrons. The smallest absolute Gasteiger partial charge is 0.0553 e. The van der Waals surface area contributed by atoms with E-state index in [0.717, 1.165) is 0 Å². The first kappa shape index (κ1) is 12.9. The van der Waals surface area contributed by atoms with Crippen LogP contribution in [0.4, 0.5) is 5.69 Å². The van der Waals surface area contributed by atoms with Gasteiger partial charge in [0.1, 0.15) is 0 Å². The Hall–Kier alpha value is -1.09. The third kappa shape index (κ3) is 2.48. The third-order valence-corrected chi connectivity index (χ3v) is 4.49. The molecule has 2 fully saturated rings. The Morgan fingerprint density at radius 1 is 1.26 bits per heavy atom. The van der Waals surface area contributed by atoms with Gasteiger partial charge in [-0.3, -0.25) is 4.98 Å². The van der Waals surface area contributed by atoms with E-state index in [0.29, 0.717) is 5.41 Å². The van der Waals surface area contributed by atoms with Gasteiger partial charge >= 0.3 is 0 Å². The highest BCUT2D eigenvalue weighted by atomic mass is 15.2. The van der Waals surface area contributed by atoms with Gasteiger partial charge < -0.3 is 10.2 Å². The molecule has 0 saturated carbocycles. The van der Waals surface area contributed by atoms with E-state index in [1.165, 1.54) is 50.4 Å². The second-order valence-electron chi connectivity index (χ2n) is 7.29. The normalized spacial score (nSPS) is 22.4. The maximum Gasteiger partial charge on any atom is 0.0553 e. The molecule has 1 aromatic heterocycles. The Morgan fingerprint density at radius 2 is 2.05 bits per heavy atom. The minimum atomic E-state index is 0.141. The van der Waals surface area contributed by atoms with Crippen LogP contribution < -0.4 is 10.2 Å². The van der Waals surface area contributed by atoms with Gasteiger partial charge in [0, 0.05) is 36.2 Å². The Bertz CT molecular complexity index is 430. The molecule has 3 nitrogen and oxygen atoms in total. The molecule has 1 N–H and O–H groups in total. The van der Waals surface area contributed by atoms with Crippen LogP contribution in [0.5, 0.6) is 0 Å². The van der Waals surface area contributed by atoms with Crippen LogP contribution in [0.15, 0.2) is 18.3 Å². The van der Waals surface area contributed by atoms with Crippen LogP contribution in [0.25, 0.3) is 0 Å². The lowest BCUT2D eigenvalue weighted by Gasteiger charge is -2.53. The topological polar surface area (TPSA) is 28.2 Å². The highest BCUT2D eigenvalue weighted by molar-refractivity contribution is 5.49. The summed E-state index contributed by atoms with van der Waals surface area (Å²) in [4.78, 5) is 7.09. The SMILES string of the molecule is CC(C)(C)c1ccc(N2CC3(CCCNC3)C2)cn1. The lowest BCUT2D eigenvalue weighted by atomic mass is 9.74. The molecular formula is C16H25N3. The third-order valence-electron chi connectivity index (χ3n) is 4.49. The first-order valence-corrected chi connectivity index (χ1v) is 7.41. The van der Waals surface area contributed by atoms with Crippen molar-refractivity contribution < 1.29 is 0 Å². The van der Waals surface area contributed by atoms with Crippen molar-refractivity contribution in [2.75, 3.05) is 31.1 Å². The number of aromatic nitrogens is 1. The first-order valence-electron chi connectivity index (χ1n) is 7.41. The Labute approximate surface area is 116 Å². The highest BCUT2D eigenvalue weighted by Crippen LogP contribution is 2.39. The predicted molar refractivity (Wildman–Crippen MR) is 79.7 cm³/mol. The van der Waals surface area contributed by atoms with Gasteiger partial charge in [-0.25, -0.2) is 0 Å². The quantitative estimate of drug-likeness (QED) is 0.840. The summed E-state index contributed by atoms with van der Waals surface area (Å²) in [6.45, 7) is 11.4. The number of hydrogen-bond acceptors (Lipinski definition) is 3. The number of rotatable bonds is 1. The average molecular weight is 259 g/mol. The van der Waals surface area contributed by atoms with Gasteiger partial charge in [0.2, 0.25) is 0 Å². The standard InChI is InChI=1S/C16H25N3/c1-15(2,3)14-6-5-13(9-18-14)19-11-16(12-19)7-4-8-17-10-16/h5-6,9,17H,4,7-8,10-12H2,1-3H3. The van der Waals surface area contributed by atoms with Crippen molar-refractivity contribution in [2.45, 2.75) is 39.0 Å². The Morgan fingerprint density at radius 3 is 2.58 bits per heavy atom. The van der Waals surface area contributed by atoms with E-state index in [1.807, 2.05) is 6.20 Å². The lowest BCUT2D eigenvalue weighted by Crippen LogP contribution is -2.62. The van der Waals surface area contributed by atoms with E-state index in [4.69, 9.17) is 0 Å². The predicted octanol–water partition coefficient (Wildman–Crippen LogP) is 2.57. The number of nitrogens with zero attached hydrogens (tertiary/aromatic N) is 2. The largest absolute Gasteiger partial charge is 0.369 e. The minimum Gasteiger partial charge on any atom is -0.369 e. The average Bonchev–Trinajstić information content (AvgIpc) is 2.36. The molecule has 3 rings (SSSR count). The zero-order chi connectivity index (χ0) is 13.5. The monoisotopic (exact) mass is 259 g/mol. The first-order chi connectivity index (χ1) is 8.99. The number of piperidine rings is 1. The maximum absolute atomic E-state index is 4.63. The van der Waals surface area contributed by atoms with Gasteiger partial charge in [-0.2, -0.15) is 0 Å². The summed E-state index contributed by atoms with van der Waals surface area (Å²) in [7, 11) is 0. The zero-order valence-electron chi connectivity index (χ0n) is 12.4. The van der Waals surface area contributed by atoms with Crippen molar-refractivity contribution in [3.63, 3.8) is 0 Å². The summed E-state index contributed by atoms with van der Waals surface area (Å²) in [5.74, 6) is 0. The lowest BCUT2D eigenvalue weighted by molar-refractivity contribution is 0.157. The van der Waals surface area contributed by atoms with E-state index >= 15 is 0 Å². The molecule has 19 heavy (non-hydrogen) atoms. The van der Waals surface area contributed by atoms with Gasteiger partial charge in [-0.05, 0) is 31.5 Å². The highest BCUT2D eigenvalue weighted by Gasteiger charge is 2.43. The van der Waals surface area contributed by atoms with E-state index < -0.39 is 0 Å². The summed E-state index contributed by atoms with van der Waals surface area (Å²) in [5, 5.41) is 3.54. The summed E-state index contributed by atoms with van der Waals surface area (Å²) in [5.41, 5.74) is 3.14.